The summed E-state index contributed by atoms with van der Waals surface area (Å²) in [6, 6.07) is 5.64. The van der Waals surface area contributed by atoms with Crippen molar-refractivity contribution < 1.29 is 4.79 Å². The smallest absolute Gasteiger partial charge is 0.224 e. The van der Waals surface area contributed by atoms with Crippen LogP contribution in [0.25, 0.3) is 10.9 Å². The Morgan fingerprint density at radius 2 is 2.11 bits per heavy atom. The van der Waals surface area contributed by atoms with Gasteiger partial charge in [-0.15, -0.1) is 0 Å². The topological polar surface area (TPSA) is 44.9 Å². The van der Waals surface area contributed by atoms with Crippen molar-refractivity contribution in [2.24, 2.45) is 0 Å². The summed E-state index contributed by atoms with van der Waals surface area (Å²) in [6.07, 6.45) is 2.24. The normalized spacial score (nSPS) is 11.8. The molecule has 2 rings (SSSR count). The molecule has 0 atom stereocenters. The average Bonchev–Trinajstić information content (AvgIpc) is 2.57. The van der Waals surface area contributed by atoms with Gasteiger partial charge >= 0.3 is 0 Å². The number of carbonyl (C=O) groups excluding carboxylic acids is 1. The molecule has 18 heavy (non-hydrogen) atoms. The summed E-state index contributed by atoms with van der Waals surface area (Å²) < 4.78 is 0. The molecule has 4 heteroatoms. The first-order valence-corrected chi connectivity index (χ1v) is 6.29. The summed E-state index contributed by atoms with van der Waals surface area (Å²) in [7, 11) is 0. The molecule has 0 aliphatic carbocycles. The number of halogens is 1. The van der Waals surface area contributed by atoms with E-state index in [9.17, 15) is 4.79 Å². The van der Waals surface area contributed by atoms with E-state index in [1.54, 1.807) is 0 Å². The Hall–Kier alpha value is -1.48. The van der Waals surface area contributed by atoms with Crippen LogP contribution in [0, 0.1) is 0 Å². The van der Waals surface area contributed by atoms with Gasteiger partial charge in [0.15, 0.2) is 0 Å². The maximum atomic E-state index is 11.9. The fourth-order valence-electron chi connectivity index (χ4n) is 1.94. The van der Waals surface area contributed by atoms with Gasteiger partial charge in [0.05, 0.1) is 6.42 Å². The Labute approximate surface area is 112 Å². The van der Waals surface area contributed by atoms with E-state index < -0.39 is 0 Å². The number of H-pyrrole nitrogens is 1. The van der Waals surface area contributed by atoms with Crippen molar-refractivity contribution in [3.8, 4) is 0 Å². The number of fused-ring (bicyclic) bond motifs is 1. The SMILES string of the molecule is CC(C)(C)NC(=O)Cc1c[nH]c2cc(Cl)ccc12. The van der Waals surface area contributed by atoms with Crippen molar-refractivity contribution in [1.82, 2.24) is 10.3 Å². The van der Waals surface area contributed by atoms with Crippen molar-refractivity contribution in [2.75, 3.05) is 0 Å². The maximum absolute atomic E-state index is 11.9. The highest BCUT2D eigenvalue weighted by molar-refractivity contribution is 6.31. The molecule has 1 heterocycles. The second-order valence-corrected chi connectivity index (χ2v) is 5.92. The van der Waals surface area contributed by atoms with Gasteiger partial charge in [-0.2, -0.15) is 0 Å². The Kier molecular flexibility index (Phi) is 3.35. The highest BCUT2D eigenvalue weighted by Gasteiger charge is 2.15. The summed E-state index contributed by atoms with van der Waals surface area (Å²) in [5.41, 5.74) is 1.75. The van der Waals surface area contributed by atoms with E-state index in [-0.39, 0.29) is 11.4 Å². The molecule has 0 unspecified atom stereocenters. The molecule has 96 valence electrons. The van der Waals surface area contributed by atoms with Crippen LogP contribution in [0.2, 0.25) is 5.02 Å². The van der Waals surface area contributed by atoms with Crippen molar-refractivity contribution >= 4 is 28.4 Å². The number of hydrogen-bond donors (Lipinski definition) is 2. The fourth-order valence-corrected chi connectivity index (χ4v) is 2.11. The molecule has 2 aromatic rings. The first-order valence-electron chi connectivity index (χ1n) is 5.92. The molecule has 0 saturated carbocycles. The minimum Gasteiger partial charge on any atom is -0.361 e. The van der Waals surface area contributed by atoms with Crippen molar-refractivity contribution in [2.45, 2.75) is 32.7 Å². The third kappa shape index (κ3) is 3.05. The van der Waals surface area contributed by atoms with E-state index in [0.29, 0.717) is 11.4 Å². The lowest BCUT2D eigenvalue weighted by Gasteiger charge is -2.20. The van der Waals surface area contributed by atoms with E-state index in [4.69, 9.17) is 11.6 Å². The molecular formula is C14H17ClN2O. The van der Waals surface area contributed by atoms with Crippen LogP contribution in [0.4, 0.5) is 0 Å². The number of nitrogens with one attached hydrogen (secondary N) is 2. The summed E-state index contributed by atoms with van der Waals surface area (Å²) in [5.74, 6) is 0.0263. The summed E-state index contributed by atoms with van der Waals surface area (Å²) in [5, 5.41) is 4.69. The molecule has 2 N–H and O–H groups in total. The van der Waals surface area contributed by atoms with E-state index in [2.05, 4.69) is 10.3 Å². The first-order chi connectivity index (χ1) is 8.35. The second-order valence-electron chi connectivity index (χ2n) is 5.48. The van der Waals surface area contributed by atoms with Crippen LogP contribution in [0.3, 0.4) is 0 Å². The van der Waals surface area contributed by atoms with Gasteiger partial charge in [0.25, 0.3) is 0 Å². The third-order valence-electron chi connectivity index (χ3n) is 2.59. The Balaban J connectivity index is 2.20. The average molecular weight is 265 g/mol. The molecule has 0 spiro atoms. The quantitative estimate of drug-likeness (QED) is 0.859. The summed E-state index contributed by atoms with van der Waals surface area (Å²) in [6.45, 7) is 5.92. The first kappa shape index (κ1) is 13.0. The molecule has 0 bridgehead atoms. The minimum atomic E-state index is -0.202. The minimum absolute atomic E-state index is 0.0263. The largest absolute Gasteiger partial charge is 0.361 e. The molecule has 0 saturated heterocycles. The van der Waals surface area contributed by atoms with E-state index in [0.717, 1.165) is 16.5 Å². The predicted molar refractivity (Wildman–Crippen MR) is 74.9 cm³/mol. The lowest BCUT2D eigenvalue weighted by atomic mass is 10.1. The van der Waals surface area contributed by atoms with Gasteiger partial charge < -0.3 is 10.3 Å². The highest BCUT2D eigenvalue weighted by atomic mass is 35.5. The van der Waals surface area contributed by atoms with Crippen LogP contribution in [-0.2, 0) is 11.2 Å². The molecule has 3 nitrogen and oxygen atoms in total. The molecule has 0 radical (unpaired) electrons. The van der Waals surface area contributed by atoms with Crippen molar-refractivity contribution in [1.29, 1.82) is 0 Å². The zero-order valence-electron chi connectivity index (χ0n) is 10.8. The number of rotatable bonds is 2. The number of aromatic nitrogens is 1. The van der Waals surface area contributed by atoms with Gasteiger partial charge in [-0.05, 0) is 38.5 Å². The van der Waals surface area contributed by atoms with Gasteiger partial charge in [-0.3, -0.25) is 4.79 Å². The molecular weight excluding hydrogens is 248 g/mol. The third-order valence-corrected chi connectivity index (χ3v) is 2.83. The van der Waals surface area contributed by atoms with Crippen LogP contribution >= 0.6 is 11.6 Å². The predicted octanol–water partition coefficient (Wildman–Crippen LogP) is 3.28. The van der Waals surface area contributed by atoms with Crippen molar-refractivity contribution in [3.63, 3.8) is 0 Å². The molecule has 1 aromatic carbocycles. The van der Waals surface area contributed by atoms with Gasteiger partial charge in [0, 0.05) is 27.7 Å². The van der Waals surface area contributed by atoms with Gasteiger partial charge in [-0.1, -0.05) is 17.7 Å². The molecule has 1 amide bonds. The van der Waals surface area contributed by atoms with Crippen LogP contribution < -0.4 is 5.32 Å². The highest BCUT2D eigenvalue weighted by Crippen LogP contribution is 2.22. The molecule has 0 aliphatic rings. The van der Waals surface area contributed by atoms with E-state index >= 15 is 0 Å². The van der Waals surface area contributed by atoms with Gasteiger partial charge in [-0.25, -0.2) is 0 Å². The Morgan fingerprint density at radius 1 is 1.39 bits per heavy atom. The summed E-state index contributed by atoms with van der Waals surface area (Å²) in [4.78, 5) is 15.0. The van der Waals surface area contributed by atoms with Crippen molar-refractivity contribution in [3.05, 3.63) is 35.0 Å². The van der Waals surface area contributed by atoms with Crippen LogP contribution in [0.5, 0.6) is 0 Å². The maximum Gasteiger partial charge on any atom is 0.224 e. The second kappa shape index (κ2) is 4.65. The fraction of sp³-hybridized carbons (Fsp3) is 0.357. The number of amides is 1. The number of aromatic amines is 1. The van der Waals surface area contributed by atoms with Crippen LogP contribution in [0.15, 0.2) is 24.4 Å². The Morgan fingerprint density at radius 3 is 2.78 bits per heavy atom. The monoisotopic (exact) mass is 264 g/mol. The van der Waals surface area contributed by atoms with Crippen LogP contribution in [-0.4, -0.2) is 16.4 Å². The van der Waals surface area contributed by atoms with E-state index in [1.165, 1.54) is 0 Å². The van der Waals surface area contributed by atoms with Crippen LogP contribution in [0.1, 0.15) is 26.3 Å². The number of hydrogen-bond acceptors (Lipinski definition) is 1. The Bertz CT molecular complexity index is 581. The zero-order valence-corrected chi connectivity index (χ0v) is 11.6. The molecule has 0 aliphatic heterocycles. The summed E-state index contributed by atoms with van der Waals surface area (Å²) >= 11 is 5.92. The lowest BCUT2D eigenvalue weighted by Crippen LogP contribution is -2.41. The molecule has 1 aromatic heterocycles. The standard InChI is InChI=1S/C14H17ClN2O/c1-14(2,3)17-13(18)6-9-8-16-12-7-10(15)4-5-11(9)12/h4-5,7-8,16H,6H2,1-3H3,(H,17,18). The van der Waals surface area contributed by atoms with E-state index in [1.807, 2.05) is 45.2 Å². The number of benzene rings is 1. The van der Waals surface area contributed by atoms with Gasteiger partial charge in [0.1, 0.15) is 0 Å². The molecule has 0 fully saturated rings. The van der Waals surface area contributed by atoms with Gasteiger partial charge in [0.2, 0.25) is 5.91 Å². The lowest BCUT2D eigenvalue weighted by molar-refractivity contribution is -0.121. The number of carbonyl (C=O) groups is 1. The zero-order chi connectivity index (χ0) is 13.3.